The van der Waals surface area contributed by atoms with E-state index in [-0.39, 0.29) is 11.7 Å². The number of hydrogen-bond acceptors (Lipinski definition) is 4. The predicted molar refractivity (Wildman–Crippen MR) is 52.9 cm³/mol. The predicted octanol–water partition coefficient (Wildman–Crippen LogP) is -1.47. The Morgan fingerprint density at radius 1 is 1.43 bits per heavy atom. The maximum absolute atomic E-state index is 10.3. The molecule has 0 bridgehead atoms. The summed E-state index contributed by atoms with van der Waals surface area (Å²) in [5.74, 6) is -1.32. The number of rotatable bonds is 3. The first-order valence-corrected chi connectivity index (χ1v) is 4.10. The van der Waals surface area contributed by atoms with E-state index in [0.717, 1.165) is 0 Å². The largest absolute Gasteiger partial charge is 0.480 e. The Labute approximate surface area is 86.2 Å². The van der Waals surface area contributed by atoms with Gasteiger partial charge in [0.2, 0.25) is 5.91 Å². The number of thiol groups is 1. The summed E-state index contributed by atoms with van der Waals surface area (Å²) < 4.78 is 0. The van der Waals surface area contributed by atoms with Crippen LogP contribution < -0.4 is 16.8 Å². The minimum atomic E-state index is -1.06. The fraction of sp³-hybridized carbons (Fsp3) is 0.500. The Hall–Kier alpha value is -1.44. The van der Waals surface area contributed by atoms with E-state index in [1.54, 1.807) is 0 Å². The molecule has 1 atom stereocenters. The molecule has 0 aliphatic carbocycles. The van der Waals surface area contributed by atoms with Gasteiger partial charge in [0, 0.05) is 12.7 Å². The number of nitrogens with one attached hydrogen (secondary N) is 1. The van der Waals surface area contributed by atoms with Crippen molar-refractivity contribution < 1.29 is 19.5 Å². The number of nitrogens with two attached hydrogens (primary N) is 2. The fourth-order valence-electron chi connectivity index (χ4n) is 0.431. The number of carboxylic acids is 1. The lowest BCUT2D eigenvalue weighted by Crippen LogP contribution is -2.40. The van der Waals surface area contributed by atoms with E-state index < -0.39 is 18.0 Å². The van der Waals surface area contributed by atoms with E-state index in [9.17, 15) is 9.59 Å². The van der Waals surface area contributed by atoms with Gasteiger partial charge in [-0.3, -0.25) is 4.79 Å². The normalized spacial score (nSPS) is 10.4. The van der Waals surface area contributed by atoms with Gasteiger partial charge >= 0.3 is 12.0 Å². The number of amides is 3. The summed E-state index contributed by atoms with van der Waals surface area (Å²) in [7, 11) is 0. The summed E-state index contributed by atoms with van der Waals surface area (Å²) in [5.41, 5.74) is 8.50. The van der Waals surface area contributed by atoms with Crippen molar-refractivity contribution in [2.45, 2.75) is 13.0 Å². The van der Waals surface area contributed by atoms with E-state index in [2.05, 4.69) is 29.4 Å². The van der Waals surface area contributed by atoms with Crippen LogP contribution in [0.25, 0.3) is 0 Å². The molecule has 0 spiro atoms. The Morgan fingerprint density at radius 2 is 1.79 bits per heavy atom. The van der Waals surface area contributed by atoms with Gasteiger partial charge in [-0.05, 0) is 0 Å². The quantitative estimate of drug-likeness (QED) is 0.373. The van der Waals surface area contributed by atoms with Crippen molar-refractivity contribution in [1.82, 2.24) is 5.32 Å². The number of carboxylic acid groups (broad SMARTS) is 1. The topological polar surface area (TPSA) is 136 Å². The Balaban J connectivity index is 0. The lowest BCUT2D eigenvalue weighted by atomic mass is 10.3. The third-order valence-electron chi connectivity index (χ3n) is 0.858. The number of primary amides is 2. The molecule has 0 saturated heterocycles. The molecular formula is C6H13N3O4S. The molecule has 6 N–H and O–H groups in total. The standard InChI is InChI=1S/C5H9NO3S.CH4N2O/c1-3(7)6-4(2-10)5(8)9;2-1(3)4/h4,10H,2H2,1H3,(H,6,7)(H,8,9);(H4,2,3,4)/t4-;/m0./s1. The van der Waals surface area contributed by atoms with Crippen LogP contribution >= 0.6 is 12.6 Å². The number of hydrogen-bond donors (Lipinski definition) is 5. The highest BCUT2D eigenvalue weighted by Gasteiger charge is 2.15. The molecule has 0 aromatic rings. The zero-order chi connectivity index (χ0) is 11.7. The number of carbonyl (C=O) groups is 3. The summed E-state index contributed by atoms with van der Waals surface area (Å²) in [6, 6.07) is -1.71. The van der Waals surface area contributed by atoms with Gasteiger partial charge in [-0.2, -0.15) is 12.6 Å². The van der Waals surface area contributed by atoms with Crippen molar-refractivity contribution in [3.05, 3.63) is 0 Å². The minimum Gasteiger partial charge on any atom is -0.480 e. The summed E-state index contributed by atoms with van der Waals surface area (Å²) in [5, 5.41) is 10.6. The third kappa shape index (κ3) is 13.2. The van der Waals surface area contributed by atoms with Crippen LogP contribution in [0, 0.1) is 0 Å². The zero-order valence-electron chi connectivity index (χ0n) is 7.56. The SMILES string of the molecule is CC(=O)N[C@@H](CS)C(=O)O.NC(N)=O. The molecule has 0 aromatic carbocycles. The Bertz CT molecular complexity index is 217. The van der Waals surface area contributed by atoms with Crippen molar-refractivity contribution in [1.29, 1.82) is 0 Å². The summed E-state index contributed by atoms with van der Waals surface area (Å²) >= 11 is 3.73. The molecule has 0 heterocycles. The van der Waals surface area contributed by atoms with Gasteiger partial charge in [0.05, 0.1) is 0 Å². The highest BCUT2D eigenvalue weighted by Crippen LogP contribution is 1.86. The summed E-state index contributed by atoms with van der Waals surface area (Å²) in [4.78, 5) is 29.5. The van der Waals surface area contributed by atoms with Crippen LogP contribution in [0.4, 0.5) is 4.79 Å². The summed E-state index contributed by atoms with van der Waals surface area (Å²) in [6.45, 7) is 1.26. The number of aliphatic carboxylic acids is 1. The molecule has 0 saturated carbocycles. The van der Waals surface area contributed by atoms with Gasteiger partial charge in [-0.15, -0.1) is 0 Å². The molecule has 7 nitrogen and oxygen atoms in total. The van der Waals surface area contributed by atoms with Gasteiger partial charge < -0.3 is 21.9 Å². The van der Waals surface area contributed by atoms with Crippen LogP contribution in [0.1, 0.15) is 6.92 Å². The van der Waals surface area contributed by atoms with Crippen molar-refractivity contribution in [3.8, 4) is 0 Å². The second-order valence-corrected chi connectivity index (χ2v) is 2.54. The molecule has 0 radical (unpaired) electrons. The molecule has 0 fully saturated rings. The summed E-state index contributed by atoms with van der Waals surface area (Å²) in [6.07, 6.45) is 0. The average Bonchev–Trinajstić information content (AvgIpc) is 1.98. The van der Waals surface area contributed by atoms with Gasteiger partial charge in [0.25, 0.3) is 0 Å². The van der Waals surface area contributed by atoms with Crippen molar-refractivity contribution in [2.24, 2.45) is 11.5 Å². The smallest absolute Gasteiger partial charge is 0.327 e. The van der Waals surface area contributed by atoms with Crippen LogP contribution in [-0.4, -0.2) is 34.8 Å². The second-order valence-electron chi connectivity index (χ2n) is 2.18. The van der Waals surface area contributed by atoms with Gasteiger partial charge in [0.1, 0.15) is 6.04 Å². The minimum absolute atomic E-state index is 0.106. The molecule has 0 aromatic heterocycles. The van der Waals surface area contributed by atoms with Crippen LogP contribution in [0.5, 0.6) is 0 Å². The van der Waals surface area contributed by atoms with E-state index in [4.69, 9.17) is 9.90 Å². The number of urea groups is 1. The van der Waals surface area contributed by atoms with Gasteiger partial charge in [0.15, 0.2) is 0 Å². The van der Waals surface area contributed by atoms with Crippen molar-refractivity contribution >= 4 is 30.5 Å². The lowest BCUT2D eigenvalue weighted by molar-refractivity contribution is -0.140. The van der Waals surface area contributed by atoms with Crippen LogP contribution in [-0.2, 0) is 9.59 Å². The van der Waals surface area contributed by atoms with E-state index in [0.29, 0.717) is 0 Å². The maximum atomic E-state index is 10.3. The molecule has 14 heavy (non-hydrogen) atoms. The van der Waals surface area contributed by atoms with Gasteiger partial charge in [-0.1, -0.05) is 0 Å². The molecule has 0 aliphatic heterocycles. The maximum Gasteiger partial charge on any atom is 0.327 e. The van der Waals surface area contributed by atoms with Crippen LogP contribution in [0.15, 0.2) is 0 Å². The molecule has 0 aliphatic rings. The monoisotopic (exact) mass is 223 g/mol. The average molecular weight is 223 g/mol. The first-order valence-electron chi connectivity index (χ1n) is 3.47. The Morgan fingerprint density at radius 3 is 1.86 bits per heavy atom. The molecule has 0 unspecified atom stereocenters. The van der Waals surface area contributed by atoms with Crippen LogP contribution in [0.2, 0.25) is 0 Å². The lowest BCUT2D eigenvalue weighted by Gasteiger charge is -2.08. The zero-order valence-corrected chi connectivity index (χ0v) is 8.45. The first-order chi connectivity index (χ1) is 6.31. The third-order valence-corrected chi connectivity index (χ3v) is 1.22. The molecule has 0 rings (SSSR count). The number of carbonyl (C=O) groups excluding carboxylic acids is 2. The van der Waals surface area contributed by atoms with E-state index in [1.807, 2.05) is 0 Å². The highest BCUT2D eigenvalue weighted by molar-refractivity contribution is 7.80. The second kappa shape index (κ2) is 8.17. The van der Waals surface area contributed by atoms with Crippen molar-refractivity contribution in [3.63, 3.8) is 0 Å². The fourth-order valence-corrected chi connectivity index (χ4v) is 0.678. The molecule has 3 amide bonds. The molecule has 82 valence electrons. The van der Waals surface area contributed by atoms with Crippen LogP contribution in [0.3, 0.4) is 0 Å². The van der Waals surface area contributed by atoms with E-state index in [1.165, 1.54) is 6.92 Å². The molecule has 8 heteroatoms. The van der Waals surface area contributed by atoms with Gasteiger partial charge in [-0.25, -0.2) is 9.59 Å². The highest BCUT2D eigenvalue weighted by atomic mass is 32.1. The molecular weight excluding hydrogens is 210 g/mol. The Kier molecular flexibility index (Phi) is 8.79. The van der Waals surface area contributed by atoms with E-state index >= 15 is 0 Å². The first kappa shape index (κ1) is 15.1. The van der Waals surface area contributed by atoms with Crippen molar-refractivity contribution in [2.75, 3.05) is 5.75 Å².